The molecule has 0 saturated carbocycles. The molecule has 0 aliphatic heterocycles. The summed E-state index contributed by atoms with van der Waals surface area (Å²) in [5.41, 5.74) is 2.96. The molecule has 1 amide bonds. The van der Waals surface area contributed by atoms with Crippen LogP contribution in [0.1, 0.15) is 86.7 Å². The molecule has 1 aromatic heterocycles. The fourth-order valence-electron chi connectivity index (χ4n) is 4.64. The Kier molecular flexibility index (Phi) is 11.3. The second kappa shape index (κ2) is 14.9. The Bertz CT molecular complexity index is 1290. The van der Waals surface area contributed by atoms with Crippen LogP contribution >= 0.6 is 0 Å². The first-order valence-corrected chi connectivity index (χ1v) is 13.8. The molecule has 0 saturated heterocycles. The Labute approximate surface area is 230 Å². The van der Waals surface area contributed by atoms with E-state index >= 15 is 0 Å². The van der Waals surface area contributed by atoms with Gasteiger partial charge in [0.1, 0.15) is 11.8 Å². The molecule has 2 aromatic carbocycles. The van der Waals surface area contributed by atoms with Crippen LogP contribution in [0.15, 0.2) is 71.7 Å². The topological polar surface area (TPSA) is 97.6 Å². The molecule has 7 nitrogen and oxygen atoms in total. The molecule has 1 unspecified atom stereocenters. The molecule has 0 radical (unpaired) electrons. The molecule has 0 spiro atoms. The van der Waals surface area contributed by atoms with E-state index in [1.807, 2.05) is 56.3 Å². The van der Waals surface area contributed by atoms with Crippen molar-refractivity contribution in [2.24, 2.45) is 0 Å². The van der Waals surface area contributed by atoms with Crippen molar-refractivity contribution < 1.29 is 19.4 Å². The third kappa shape index (κ3) is 8.84. The van der Waals surface area contributed by atoms with E-state index in [0.717, 1.165) is 36.8 Å². The first-order valence-electron chi connectivity index (χ1n) is 13.8. The SMILES string of the molecule is CCCCOc1cccc([C@H](CC(=O)O)NC(=O)C(CCCC)n2cc(C)cc(Cc3ccccc3)c2=O)c1. The summed E-state index contributed by atoms with van der Waals surface area (Å²) in [6.45, 7) is 6.59. The molecule has 1 heterocycles. The number of nitrogens with zero attached hydrogens (tertiary/aromatic N) is 1. The average Bonchev–Trinajstić information content (AvgIpc) is 2.91. The monoisotopic (exact) mass is 532 g/mol. The first-order chi connectivity index (χ1) is 18.8. The number of hydrogen-bond donors (Lipinski definition) is 2. The van der Waals surface area contributed by atoms with Gasteiger partial charge in [-0.05, 0) is 54.7 Å². The van der Waals surface area contributed by atoms with Crippen molar-refractivity contribution in [2.75, 3.05) is 6.61 Å². The highest BCUT2D eigenvalue weighted by Gasteiger charge is 2.27. The van der Waals surface area contributed by atoms with Crippen molar-refractivity contribution in [1.82, 2.24) is 9.88 Å². The Morgan fingerprint density at radius 2 is 1.74 bits per heavy atom. The van der Waals surface area contributed by atoms with Crippen molar-refractivity contribution in [3.8, 4) is 5.75 Å². The number of carboxylic acid groups (broad SMARTS) is 1. The third-order valence-electron chi connectivity index (χ3n) is 6.68. The lowest BCUT2D eigenvalue weighted by molar-refractivity contribution is -0.138. The van der Waals surface area contributed by atoms with Crippen LogP contribution < -0.4 is 15.6 Å². The van der Waals surface area contributed by atoms with Crippen molar-refractivity contribution in [3.63, 3.8) is 0 Å². The zero-order valence-electron chi connectivity index (χ0n) is 23.2. The van der Waals surface area contributed by atoms with Crippen molar-refractivity contribution in [2.45, 2.75) is 77.8 Å². The van der Waals surface area contributed by atoms with Gasteiger partial charge in [-0.3, -0.25) is 14.4 Å². The average molecular weight is 533 g/mol. The van der Waals surface area contributed by atoms with Gasteiger partial charge in [0.15, 0.2) is 0 Å². The summed E-state index contributed by atoms with van der Waals surface area (Å²) in [6, 6.07) is 17.3. The Balaban J connectivity index is 1.92. The van der Waals surface area contributed by atoms with E-state index in [1.165, 1.54) is 4.57 Å². The van der Waals surface area contributed by atoms with Crippen molar-refractivity contribution in [3.05, 3.63) is 99.5 Å². The zero-order chi connectivity index (χ0) is 28.2. The molecule has 0 bridgehead atoms. The normalized spacial score (nSPS) is 12.5. The summed E-state index contributed by atoms with van der Waals surface area (Å²) in [7, 11) is 0. The Morgan fingerprint density at radius 3 is 2.44 bits per heavy atom. The molecule has 0 aliphatic rings. The molecular weight excluding hydrogens is 492 g/mol. The highest BCUT2D eigenvalue weighted by atomic mass is 16.5. The maximum Gasteiger partial charge on any atom is 0.305 e. The Hall–Kier alpha value is -3.87. The van der Waals surface area contributed by atoms with Crippen LogP contribution in [0, 0.1) is 6.92 Å². The van der Waals surface area contributed by atoms with Gasteiger partial charge in [0, 0.05) is 18.2 Å². The fraction of sp³-hybridized carbons (Fsp3) is 0.406. The minimum absolute atomic E-state index is 0.207. The summed E-state index contributed by atoms with van der Waals surface area (Å²) in [5.74, 6) is -0.764. The quantitative estimate of drug-likeness (QED) is 0.234. The number of aryl methyl sites for hydroxylation is 1. The number of benzene rings is 2. The number of ether oxygens (including phenoxy) is 1. The van der Waals surface area contributed by atoms with Gasteiger partial charge < -0.3 is 19.7 Å². The number of carboxylic acids is 1. The van der Waals surface area contributed by atoms with Gasteiger partial charge >= 0.3 is 5.97 Å². The van der Waals surface area contributed by atoms with Gasteiger partial charge in [-0.1, -0.05) is 75.6 Å². The highest BCUT2D eigenvalue weighted by Crippen LogP contribution is 2.24. The molecule has 2 atom stereocenters. The number of nitrogens with one attached hydrogen (secondary N) is 1. The number of unbranched alkanes of at least 4 members (excludes halogenated alkanes) is 2. The van der Waals surface area contributed by atoms with Crippen LogP contribution in [0.5, 0.6) is 5.75 Å². The molecule has 39 heavy (non-hydrogen) atoms. The number of carbonyl (C=O) groups is 2. The van der Waals surface area contributed by atoms with Gasteiger partial charge in [0.05, 0.1) is 19.1 Å². The Morgan fingerprint density at radius 1 is 1.00 bits per heavy atom. The number of hydrogen-bond acceptors (Lipinski definition) is 4. The number of aliphatic carboxylic acids is 1. The minimum Gasteiger partial charge on any atom is -0.494 e. The van der Waals surface area contributed by atoms with Gasteiger partial charge in [-0.15, -0.1) is 0 Å². The molecule has 3 rings (SSSR count). The van der Waals surface area contributed by atoms with Crippen molar-refractivity contribution in [1.29, 1.82) is 0 Å². The van der Waals surface area contributed by atoms with E-state index in [9.17, 15) is 19.5 Å². The zero-order valence-corrected chi connectivity index (χ0v) is 23.2. The molecular formula is C32H40N2O5. The van der Waals surface area contributed by atoms with Crippen LogP contribution in [-0.4, -0.2) is 28.2 Å². The van der Waals surface area contributed by atoms with Crippen LogP contribution in [0.25, 0.3) is 0 Å². The number of amides is 1. The first kappa shape index (κ1) is 29.7. The summed E-state index contributed by atoms with van der Waals surface area (Å²) in [6.07, 6.45) is 5.90. The standard InChI is InChI=1S/C32H40N2O5/c1-4-6-16-29(34-22-23(3)18-26(32(34)38)19-24-12-9-8-10-13-24)31(37)33-28(21-30(35)36)25-14-11-15-27(20-25)39-17-7-5-2/h8-15,18,20,22,28-29H,4-7,16-17,19,21H2,1-3H3,(H,33,37)(H,35,36)/t28-,29?/m0/s1. The maximum absolute atomic E-state index is 13.7. The van der Waals surface area contributed by atoms with E-state index in [0.29, 0.717) is 36.3 Å². The van der Waals surface area contributed by atoms with E-state index < -0.39 is 18.1 Å². The highest BCUT2D eigenvalue weighted by molar-refractivity contribution is 5.81. The lowest BCUT2D eigenvalue weighted by Gasteiger charge is -2.25. The van der Waals surface area contributed by atoms with Gasteiger partial charge in [0.2, 0.25) is 5.91 Å². The summed E-state index contributed by atoms with van der Waals surface area (Å²) >= 11 is 0. The molecule has 208 valence electrons. The lowest BCUT2D eigenvalue weighted by atomic mass is 10.0. The number of aromatic nitrogens is 1. The van der Waals surface area contributed by atoms with E-state index in [-0.39, 0.29) is 17.9 Å². The van der Waals surface area contributed by atoms with Crippen LogP contribution in [0.3, 0.4) is 0 Å². The van der Waals surface area contributed by atoms with Gasteiger partial charge in [-0.25, -0.2) is 0 Å². The molecule has 2 N–H and O–H groups in total. The van der Waals surface area contributed by atoms with E-state index in [1.54, 1.807) is 24.4 Å². The van der Waals surface area contributed by atoms with E-state index in [4.69, 9.17) is 4.74 Å². The predicted molar refractivity (Wildman–Crippen MR) is 153 cm³/mol. The molecule has 7 heteroatoms. The molecule has 0 aliphatic carbocycles. The van der Waals surface area contributed by atoms with Crippen LogP contribution in [-0.2, 0) is 16.0 Å². The summed E-state index contributed by atoms with van der Waals surface area (Å²) in [4.78, 5) is 39.1. The predicted octanol–water partition coefficient (Wildman–Crippen LogP) is 5.99. The molecule has 3 aromatic rings. The van der Waals surface area contributed by atoms with E-state index in [2.05, 4.69) is 12.2 Å². The number of rotatable bonds is 15. The summed E-state index contributed by atoms with van der Waals surface area (Å²) < 4.78 is 7.33. The number of pyridine rings is 1. The molecule has 0 fully saturated rings. The van der Waals surface area contributed by atoms with Crippen molar-refractivity contribution >= 4 is 11.9 Å². The maximum atomic E-state index is 13.7. The van der Waals surface area contributed by atoms with Crippen LogP contribution in [0.2, 0.25) is 0 Å². The lowest BCUT2D eigenvalue weighted by Crippen LogP contribution is -2.40. The van der Waals surface area contributed by atoms with Gasteiger partial charge in [-0.2, -0.15) is 0 Å². The largest absolute Gasteiger partial charge is 0.494 e. The minimum atomic E-state index is -1.03. The van der Waals surface area contributed by atoms with Crippen LogP contribution in [0.4, 0.5) is 0 Å². The summed E-state index contributed by atoms with van der Waals surface area (Å²) in [5, 5.41) is 12.6. The number of carbonyl (C=O) groups excluding carboxylic acids is 1. The second-order valence-electron chi connectivity index (χ2n) is 10.0. The fourth-order valence-corrected chi connectivity index (χ4v) is 4.64. The smallest absolute Gasteiger partial charge is 0.305 e. The van der Waals surface area contributed by atoms with Gasteiger partial charge in [0.25, 0.3) is 5.56 Å². The third-order valence-corrected chi connectivity index (χ3v) is 6.68. The second-order valence-corrected chi connectivity index (χ2v) is 10.0.